The van der Waals surface area contributed by atoms with Gasteiger partial charge in [-0.15, -0.1) is 0 Å². The molecule has 0 radical (unpaired) electrons. The summed E-state index contributed by atoms with van der Waals surface area (Å²) in [5, 5.41) is 9.15. The molecule has 5 heteroatoms. The summed E-state index contributed by atoms with van der Waals surface area (Å²) < 4.78 is 10.7. The van der Waals surface area contributed by atoms with Crippen molar-refractivity contribution in [3.8, 4) is 5.88 Å². The molecule has 0 fully saturated rings. The molecule has 0 aliphatic carbocycles. The first-order valence-electron chi connectivity index (χ1n) is 5.78. The van der Waals surface area contributed by atoms with Gasteiger partial charge in [-0.3, -0.25) is 0 Å². The van der Waals surface area contributed by atoms with Crippen LogP contribution in [0.2, 0.25) is 25.7 Å². The number of nitrogens with zero attached hydrogens (tertiary/aromatic N) is 1. The Morgan fingerprint density at radius 1 is 1.24 bits per heavy atom. The van der Waals surface area contributed by atoms with Gasteiger partial charge in [-0.1, -0.05) is 25.7 Å². The van der Waals surface area contributed by atoms with Gasteiger partial charge in [0, 0.05) is 20.7 Å². The van der Waals surface area contributed by atoms with E-state index < -0.39 is 8.07 Å². The fourth-order valence-corrected chi connectivity index (χ4v) is 1.95. The second-order valence-electron chi connectivity index (χ2n) is 5.17. The van der Waals surface area contributed by atoms with E-state index >= 15 is 0 Å². The lowest BCUT2D eigenvalue weighted by atomic mass is 10.4. The summed E-state index contributed by atoms with van der Waals surface area (Å²) in [5.74, 6) is 0.0192. The quantitative estimate of drug-likeness (QED) is 0.462. The van der Waals surface area contributed by atoms with E-state index in [1.54, 1.807) is 6.07 Å². The molecule has 17 heavy (non-hydrogen) atoms. The number of hydrogen-bond acceptors (Lipinski definition) is 4. The number of aromatic nitrogens is 1. The highest BCUT2D eigenvalue weighted by molar-refractivity contribution is 6.76. The lowest BCUT2D eigenvalue weighted by molar-refractivity contribution is -0.0583. The van der Waals surface area contributed by atoms with Crippen molar-refractivity contribution in [1.29, 1.82) is 0 Å². The largest absolute Gasteiger partial charge is 0.493 e. The molecule has 96 valence electrons. The summed E-state index contributed by atoms with van der Waals surface area (Å²) in [6.07, 6.45) is 0. The Kier molecular flexibility index (Phi) is 5.60. The van der Waals surface area contributed by atoms with Crippen LogP contribution in [-0.4, -0.2) is 31.6 Å². The van der Waals surface area contributed by atoms with Crippen molar-refractivity contribution in [1.82, 2.24) is 4.98 Å². The van der Waals surface area contributed by atoms with Crippen molar-refractivity contribution in [3.05, 3.63) is 23.9 Å². The third kappa shape index (κ3) is 7.09. The summed E-state index contributed by atoms with van der Waals surface area (Å²) in [7, 11) is -1.01. The molecule has 0 saturated heterocycles. The molecular weight excluding hydrogens is 234 g/mol. The maximum Gasteiger partial charge on any atom is 0.211 e. The van der Waals surface area contributed by atoms with E-state index in [2.05, 4.69) is 24.6 Å². The van der Waals surface area contributed by atoms with Gasteiger partial charge in [0.2, 0.25) is 5.88 Å². The van der Waals surface area contributed by atoms with E-state index in [9.17, 15) is 0 Å². The maximum absolute atomic E-state index is 9.15. The van der Waals surface area contributed by atoms with E-state index in [0.29, 0.717) is 12.3 Å². The molecule has 0 amide bonds. The first-order valence-corrected chi connectivity index (χ1v) is 9.48. The van der Waals surface area contributed by atoms with Crippen molar-refractivity contribution in [2.24, 2.45) is 0 Å². The van der Waals surface area contributed by atoms with Crippen LogP contribution in [0.15, 0.2) is 18.2 Å². The molecule has 0 unspecified atom stereocenters. The zero-order chi connectivity index (χ0) is 12.7. The topological polar surface area (TPSA) is 51.6 Å². The average Bonchev–Trinajstić information content (AvgIpc) is 2.22. The van der Waals surface area contributed by atoms with Crippen molar-refractivity contribution >= 4 is 8.07 Å². The molecule has 0 saturated carbocycles. The van der Waals surface area contributed by atoms with Gasteiger partial charge >= 0.3 is 0 Å². The van der Waals surface area contributed by atoms with Crippen molar-refractivity contribution < 1.29 is 14.6 Å². The third-order valence-corrected chi connectivity index (χ3v) is 3.91. The number of ether oxygens (including phenoxy) is 2. The Labute approximate surface area is 104 Å². The minimum atomic E-state index is -1.01. The normalized spacial score (nSPS) is 11.7. The molecule has 1 rings (SSSR count). The highest BCUT2D eigenvalue weighted by Gasteiger charge is 2.11. The molecule has 1 heterocycles. The fourth-order valence-electron chi connectivity index (χ4n) is 1.19. The number of pyridine rings is 1. The predicted octanol–water partition coefficient (Wildman–Crippen LogP) is 2.62. The minimum absolute atomic E-state index is 0.0192. The number of aromatic hydroxyl groups is 1. The predicted molar refractivity (Wildman–Crippen MR) is 69.7 cm³/mol. The molecule has 1 aromatic heterocycles. The SMILES string of the molecule is C[Si](C)(C)CCOCOCc1cccc(O)n1. The number of hydrogen-bond donors (Lipinski definition) is 1. The van der Waals surface area contributed by atoms with Gasteiger partial charge in [0.1, 0.15) is 6.79 Å². The third-order valence-electron chi connectivity index (χ3n) is 2.21. The van der Waals surface area contributed by atoms with Crippen LogP contribution in [0.4, 0.5) is 0 Å². The van der Waals surface area contributed by atoms with Gasteiger partial charge in [-0.2, -0.15) is 0 Å². The molecule has 0 aliphatic rings. The molecule has 0 aromatic carbocycles. The molecule has 1 aromatic rings. The van der Waals surface area contributed by atoms with Crippen LogP contribution < -0.4 is 0 Å². The zero-order valence-corrected chi connectivity index (χ0v) is 11.8. The van der Waals surface area contributed by atoms with Crippen LogP contribution in [0.1, 0.15) is 5.69 Å². The van der Waals surface area contributed by atoms with E-state index in [0.717, 1.165) is 12.7 Å². The monoisotopic (exact) mass is 255 g/mol. The van der Waals surface area contributed by atoms with E-state index in [1.807, 2.05) is 6.07 Å². The Morgan fingerprint density at radius 3 is 2.65 bits per heavy atom. The smallest absolute Gasteiger partial charge is 0.211 e. The molecule has 0 spiro atoms. The van der Waals surface area contributed by atoms with E-state index in [4.69, 9.17) is 14.6 Å². The van der Waals surface area contributed by atoms with Gasteiger partial charge in [0.05, 0.1) is 12.3 Å². The summed E-state index contributed by atoms with van der Waals surface area (Å²) in [6.45, 7) is 8.34. The first kappa shape index (κ1) is 14.1. The first-order chi connectivity index (χ1) is 7.97. The van der Waals surface area contributed by atoms with Crippen LogP contribution >= 0.6 is 0 Å². The van der Waals surface area contributed by atoms with Gasteiger partial charge in [0.15, 0.2) is 0 Å². The molecule has 1 N–H and O–H groups in total. The standard InChI is InChI=1S/C12H21NO3Si/c1-17(2,3)8-7-15-10-16-9-11-5-4-6-12(14)13-11/h4-6H,7-10H2,1-3H3,(H,13,14). The maximum atomic E-state index is 9.15. The average molecular weight is 255 g/mol. The highest BCUT2D eigenvalue weighted by atomic mass is 28.3. The summed E-state index contributed by atoms with van der Waals surface area (Å²) >= 11 is 0. The lowest BCUT2D eigenvalue weighted by Gasteiger charge is -2.15. The molecule has 0 bridgehead atoms. The van der Waals surface area contributed by atoms with Crippen molar-refractivity contribution in [2.75, 3.05) is 13.4 Å². The van der Waals surface area contributed by atoms with Crippen LogP contribution in [0.25, 0.3) is 0 Å². The van der Waals surface area contributed by atoms with Crippen LogP contribution in [0.3, 0.4) is 0 Å². The van der Waals surface area contributed by atoms with Gasteiger partial charge in [-0.25, -0.2) is 4.98 Å². The van der Waals surface area contributed by atoms with Crippen LogP contribution in [-0.2, 0) is 16.1 Å². The zero-order valence-electron chi connectivity index (χ0n) is 10.8. The fraction of sp³-hybridized carbons (Fsp3) is 0.583. The molecular formula is C12H21NO3Si. The Morgan fingerprint density at radius 2 is 2.00 bits per heavy atom. The van der Waals surface area contributed by atoms with Gasteiger partial charge < -0.3 is 14.6 Å². The molecule has 0 aliphatic heterocycles. The Balaban J connectivity index is 2.09. The van der Waals surface area contributed by atoms with Crippen LogP contribution in [0, 0.1) is 0 Å². The Hall–Kier alpha value is -0.913. The van der Waals surface area contributed by atoms with Gasteiger partial charge in [0.25, 0.3) is 0 Å². The van der Waals surface area contributed by atoms with Gasteiger partial charge in [-0.05, 0) is 12.1 Å². The summed E-state index contributed by atoms with van der Waals surface area (Å²) in [5.41, 5.74) is 0.707. The van der Waals surface area contributed by atoms with E-state index in [1.165, 1.54) is 6.07 Å². The minimum Gasteiger partial charge on any atom is -0.493 e. The van der Waals surface area contributed by atoms with E-state index in [-0.39, 0.29) is 12.7 Å². The summed E-state index contributed by atoms with van der Waals surface area (Å²) in [6, 6.07) is 6.23. The molecule has 0 atom stereocenters. The highest BCUT2D eigenvalue weighted by Crippen LogP contribution is 2.08. The van der Waals surface area contributed by atoms with Crippen LogP contribution in [0.5, 0.6) is 5.88 Å². The lowest BCUT2D eigenvalue weighted by Crippen LogP contribution is -2.22. The second kappa shape index (κ2) is 6.73. The van der Waals surface area contributed by atoms with Crippen molar-refractivity contribution in [2.45, 2.75) is 32.3 Å². The molecule has 4 nitrogen and oxygen atoms in total. The second-order valence-corrected chi connectivity index (χ2v) is 10.8. The Bertz CT molecular complexity index is 339. The van der Waals surface area contributed by atoms with Crippen molar-refractivity contribution in [3.63, 3.8) is 0 Å². The number of rotatable bonds is 7. The summed E-state index contributed by atoms with van der Waals surface area (Å²) in [4.78, 5) is 3.91.